The third-order valence-corrected chi connectivity index (χ3v) is 5.97. The van der Waals surface area contributed by atoms with Crippen LogP contribution in [0.3, 0.4) is 0 Å². The van der Waals surface area contributed by atoms with Gasteiger partial charge in [-0.15, -0.1) is 11.3 Å². The molecule has 1 aliphatic rings. The highest BCUT2D eigenvalue weighted by atomic mass is 32.1. The predicted octanol–water partition coefficient (Wildman–Crippen LogP) is 5.15. The average Bonchev–Trinajstić information content (AvgIpc) is 3.33. The second-order valence-corrected chi connectivity index (χ2v) is 8.05. The van der Waals surface area contributed by atoms with E-state index in [4.69, 9.17) is 0 Å². The van der Waals surface area contributed by atoms with Crippen molar-refractivity contribution in [3.8, 4) is 0 Å². The first kappa shape index (κ1) is 18.9. The van der Waals surface area contributed by atoms with Crippen molar-refractivity contribution in [3.63, 3.8) is 0 Å². The van der Waals surface area contributed by atoms with E-state index in [1.807, 2.05) is 11.5 Å². The molecule has 1 saturated carbocycles. The van der Waals surface area contributed by atoms with E-state index in [0.29, 0.717) is 16.6 Å². The highest BCUT2D eigenvalue weighted by Crippen LogP contribution is 2.32. The van der Waals surface area contributed by atoms with Crippen molar-refractivity contribution in [1.82, 2.24) is 4.57 Å². The molecule has 3 nitrogen and oxygen atoms in total. The lowest BCUT2D eigenvalue weighted by Gasteiger charge is -2.08. The Morgan fingerprint density at radius 2 is 2.04 bits per heavy atom. The van der Waals surface area contributed by atoms with Gasteiger partial charge in [-0.1, -0.05) is 19.9 Å². The Morgan fingerprint density at radius 3 is 2.62 bits per heavy atom. The molecule has 1 fully saturated rings. The van der Waals surface area contributed by atoms with Gasteiger partial charge in [0, 0.05) is 22.7 Å². The maximum absolute atomic E-state index is 12.9. The minimum absolute atomic E-state index is 0.0463. The number of hydrogen-bond acceptors (Lipinski definition) is 2. The summed E-state index contributed by atoms with van der Waals surface area (Å²) in [5.74, 6) is 0.265. The maximum atomic E-state index is 12.9. The summed E-state index contributed by atoms with van der Waals surface area (Å²) in [5, 5.41) is 0. The van der Waals surface area contributed by atoms with Crippen LogP contribution in [0.15, 0.2) is 29.3 Å². The van der Waals surface area contributed by atoms with Crippen molar-refractivity contribution in [2.75, 3.05) is 0 Å². The molecule has 1 aromatic carbocycles. The molecule has 0 aliphatic heterocycles. The molecular formula is C19H21F3N2OS. The van der Waals surface area contributed by atoms with Crippen LogP contribution in [0.2, 0.25) is 0 Å². The van der Waals surface area contributed by atoms with Crippen molar-refractivity contribution >= 4 is 17.2 Å². The highest BCUT2D eigenvalue weighted by Gasteiger charge is 2.31. The minimum Gasteiger partial charge on any atom is -0.320 e. The normalized spacial score (nSPS) is 15.7. The largest absolute Gasteiger partial charge is 0.416 e. The molecule has 26 heavy (non-hydrogen) atoms. The fourth-order valence-corrected chi connectivity index (χ4v) is 4.02. The third-order valence-electron chi connectivity index (χ3n) is 4.49. The number of benzene rings is 1. The standard InChI is InChI=1S/C19H21F3N2OS/c1-11(2)16-12(3)24(10-13-7-8-13)18(26-16)23-17(25)14-5-4-6-15(9-14)19(20,21)22/h4-6,9,11,13H,7-8,10H2,1-3H3. The predicted molar refractivity (Wildman–Crippen MR) is 95.2 cm³/mol. The van der Waals surface area contributed by atoms with Gasteiger partial charge in [-0.05, 0) is 49.8 Å². The summed E-state index contributed by atoms with van der Waals surface area (Å²) in [6.07, 6.45) is -2.15. The van der Waals surface area contributed by atoms with E-state index in [2.05, 4.69) is 18.8 Å². The number of halogens is 3. The van der Waals surface area contributed by atoms with Gasteiger partial charge < -0.3 is 4.57 Å². The fourth-order valence-electron chi connectivity index (χ4n) is 2.88. The Labute approximate surface area is 154 Å². The minimum atomic E-state index is -4.48. The number of thiazole rings is 1. The van der Waals surface area contributed by atoms with Crippen molar-refractivity contribution in [1.29, 1.82) is 0 Å². The summed E-state index contributed by atoms with van der Waals surface area (Å²) in [7, 11) is 0. The topological polar surface area (TPSA) is 34.4 Å². The molecule has 0 N–H and O–H groups in total. The van der Waals surface area contributed by atoms with E-state index >= 15 is 0 Å². The van der Waals surface area contributed by atoms with Crippen molar-refractivity contribution in [2.24, 2.45) is 10.9 Å². The van der Waals surface area contributed by atoms with Crippen LogP contribution in [-0.2, 0) is 12.7 Å². The van der Waals surface area contributed by atoms with E-state index in [0.717, 1.165) is 29.2 Å². The molecule has 140 valence electrons. The van der Waals surface area contributed by atoms with Crippen molar-refractivity contribution in [3.05, 3.63) is 50.8 Å². The Morgan fingerprint density at radius 1 is 1.35 bits per heavy atom. The summed E-state index contributed by atoms with van der Waals surface area (Å²) in [4.78, 5) is 18.4. The van der Waals surface area contributed by atoms with E-state index in [1.165, 1.54) is 36.3 Å². The van der Waals surface area contributed by atoms with Crippen LogP contribution in [-0.4, -0.2) is 10.5 Å². The first-order chi connectivity index (χ1) is 12.2. The Balaban J connectivity index is 2.01. The maximum Gasteiger partial charge on any atom is 0.416 e. The molecule has 3 rings (SSSR count). The molecule has 0 bridgehead atoms. The van der Waals surface area contributed by atoms with Crippen LogP contribution in [0, 0.1) is 12.8 Å². The van der Waals surface area contributed by atoms with Gasteiger partial charge in [-0.25, -0.2) is 0 Å². The molecule has 0 unspecified atom stereocenters. The number of rotatable bonds is 4. The number of hydrogen-bond donors (Lipinski definition) is 0. The van der Waals surface area contributed by atoms with E-state index in [9.17, 15) is 18.0 Å². The Hall–Kier alpha value is -1.89. The summed E-state index contributed by atoms with van der Waals surface area (Å²) >= 11 is 1.45. The second-order valence-electron chi connectivity index (χ2n) is 7.04. The molecule has 0 radical (unpaired) electrons. The molecule has 0 saturated heterocycles. The van der Waals surface area contributed by atoms with Gasteiger partial charge in [0.1, 0.15) is 0 Å². The van der Waals surface area contributed by atoms with Crippen LogP contribution in [0.25, 0.3) is 0 Å². The fraction of sp³-hybridized carbons (Fsp3) is 0.474. The van der Waals surface area contributed by atoms with Crippen LogP contribution in [0.1, 0.15) is 59.1 Å². The molecular weight excluding hydrogens is 361 g/mol. The van der Waals surface area contributed by atoms with Gasteiger partial charge in [-0.3, -0.25) is 4.79 Å². The lowest BCUT2D eigenvalue weighted by molar-refractivity contribution is -0.137. The molecule has 1 aliphatic carbocycles. The number of aromatic nitrogens is 1. The monoisotopic (exact) mass is 382 g/mol. The smallest absolute Gasteiger partial charge is 0.320 e. The first-order valence-corrected chi connectivity index (χ1v) is 9.45. The summed E-state index contributed by atoms with van der Waals surface area (Å²) in [6, 6.07) is 4.43. The van der Waals surface area contributed by atoms with E-state index < -0.39 is 17.6 Å². The van der Waals surface area contributed by atoms with E-state index in [-0.39, 0.29) is 5.56 Å². The van der Waals surface area contributed by atoms with Gasteiger partial charge in [-0.2, -0.15) is 18.2 Å². The van der Waals surface area contributed by atoms with Gasteiger partial charge in [0.25, 0.3) is 5.91 Å². The highest BCUT2D eigenvalue weighted by molar-refractivity contribution is 7.09. The van der Waals surface area contributed by atoms with E-state index in [1.54, 1.807) is 0 Å². The number of alkyl halides is 3. The van der Waals surface area contributed by atoms with Gasteiger partial charge in [0.05, 0.1) is 5.56 Å². The molecule has 0 atom stereocenters. The number of amides is 1. The average molecular weight is 382 g/mol. The molecule has 1 heterocycles. The van der Waals surface area contributed by atoms with Gasteiger partial charge >= 0.3 is 6.18 Å². The number of nitrogens with zero attached hydrogens (tertiary/aromatic N) is 2. The van der Waals surface area contributed by atoms with Crippen LogP contribution < -0.4 is 4.80 Å². The first-order valence-electron chi connectivity index (χ1n) is 8.63. The summed E-state index contributed by atoms with van der Waals surface area (Å²) < 4.78 is 40.7. The zero-order valence-corrected chi connectivity index (χ0v) is 15.7. The molecule has 2 aromatic rings. The quantitative estimate of drug-likeness (QED) is 0.720. The van der Waals surface area contributed by atoms with Crippen molar-refractivity contribution in [2.45, 2.75) is 52.3 Å². The van der Waals surface area contributed by atoms with Crippen molar-refractivity contribution < 1.29 is 18.0 Å². The molecule has 1 amide bonds. The molecule has 0 spiro atoms. The van der Waals surface area contributed by atoms with Gasteiger partial charge in [0.15, 0.2) is 4.80 Å². The Kier molecular flexibility index (Phi) is 5.10. The van der Waals surface area contributed by atoms with Crippen LogP contribution >= 0.6 is 11.3 Å². The lowest BCUT2D eigenvalue weighted by atomic mass is 10.1. The third kappa shape index (κ3) is 4.09. The zero-order chi connectivity index (χ0) is 19.1. The summed E-state index contributed by atoms with van der Waals surface area (Å²) in [6.45, 7) is 6.99. The molecule has 1 aromatic heterocycles. The van der Waals surface area contributed by atoms with Crippen LogP contribution in [0.5, 0.6) is 0 Å². The lowest BCUT2D eigenvalue weighted by Crippen LogP contribution is -2.19. The molecule has 7 heteroatoms. The van der Waals surface area contributed by atoms with Crippen LogP contribution in [0.4, 0.5) is 13.2 Å². The van der Waals surface area contributed by atoms with Gasteiger partial charge in [0.2, 0.25) is 0 Å². The SMILES string of the molecule is Cc1c(C(C)C)sc(=NC(=O)c2cccc(C(F)(F)F)c2)n1CC1CC1. The number of carbonyl (C=O) groups excluding carboxylic acids is 1. The second kappa shape index (κ2) is 7.02. The zero-order valence-electron chi connectivity index (χ0n) is 14.9. The Bertz CT molecular complexity index is 889. The summed E-state index contributed by atoms with van der Waals surface area (Å²) in [5.41, 5.74) is 0.206. The number of carbonyl (C=O) groups is 1.